The van der Waals surface area contributed by atoms with Crippen LogP contribution in [0.15, 0.2) is 54.4 Å². The summed E-state index contributed by atoms with van der Waals surface area (Å²) in [5.74, 6) is -0.556. The fourth-order valence-corrected chi connectivity index (χ4v) is 3.31. The van der Waals surface area contributed by atoms with Crippen molar-refractivity contribution < 1.29 is 24.2 Å². The highest BCUT2D eigenvalue weighted by Crippen LogP contribution is 2.39. The van der Waals surface area contributed by atoms with Gasteiger partial charge in [-0.2, -0.15) is 0 Å². The maximum atomic E-state index is 12.8. The molecule has 1 saturated heterocycles. The van der Waals surface area contributed by atoms with Crippen molar-refractivity contribution in [1.29, 1.82) is 0 Å². The van der Waals surface area contributed by atoms with Gasteiger partial charge in [-0.1, -0.05) is 19.9 Å². The first-order valence-electron chi connectivity index (χ1n) is 9.84. The van der Waals surface area contributed by atoms with Crippen molar-refractivity contribution in [2.75, 3.05) is 26.9 Å². The first-order chi connectivity index (χ1) is 14.4. The van der Waals surface area contributed by atoms with E-state index in [-0.39, 0.29) is 24.5 Å². The van der Waals surface area contributed by atoms with Crippen molar-refractivity contribution in [3.63, 3.8) is 0 Å². The molecule has 1 unspecified atom stereocenters. The number of ether oxygens (including phenoxy) is 2. The predicted molar refractivity (Wildman–Crippen MR) is 112 cm³/mol. The summed E-state index contributed by atoms with van der Waals surface area (Å²) in [5, 5.41) is 11.0. The number of carbonyl (C=O) groups excluding carboxylic acids is 2. The first-order valence-corrected chi connectivity index (χ1v) is 9.84. The Kier molecular flexibility index (Phi) is 6.84. The Hall–Kier alpha value is -3.19. The molecular weight excluding hydrogens is 384 g/mol. The Morgan fingerprint density at radius 2 is 1.93 bits per heavy atom. The van der Waals surface area contributed by atoms with Crippen molar-refractivity contribution in [2.24, 2.45) is 5.92 Å². The lowest BCUT2D eigenvalue weighted by molar-refractivity contribution is -0.140. The van der Waals surface area contributed by atoms with E-state index in [0.717, 1.165) is 0 Å². The molecule has 7 nitrogen and oxygen atoms in total. The monoisotopic (exact) mass is 410 g/mol. The number of hydrogen-bond acceptors (Lipinski definition) is 6. The largest absolute Gasteiger partial charge is 0.507 e. The van der Waals surface area contributed by atoms with Gasteiger partial charge in [0.2, 0.25) is 0 Å². The van der Waals surface area contributed by atoms with Crippen LogP contribution in [0.5, 0.6) is 5.75 Å². The van der Waals surface area contributed by atoms with Crippen LogP contribution in [-0.2, 0) is 14.3 Å². The van der Waals surface area contributed by atoms with Gasteiger partial charge in [0.15, 0.2) is 0 Å². The van der Waals surface area contributed by atoms with Crippen molar-refractivity contribution in [1.82, 2.24) is 9.88 Å². The Labute approximate surface area is 175 Å². The summed E-state index contributed by atoms with van der Waals surface area (Å²) in [6.45, 7) is 5.19. The molecule has 3 rings (SSSR count). The minimum atomic E-state index is -0.731. The minimum absolute atomic E-state index is 0.0416. The number of amides is 1. The highest BCUT2D eigenvalue weighted by atomic mass is 16.5. The topological polar surface area (TPSA) is 89.0 Å². The smallest absolute Gasteiger partial charge is 0.295 e. The van der Waals surface area contributed by atoms with Crippen LogP contribution in [0.1, 0.15) is 31.0 Å². The van der Waals surface area contributed by atoms with E-state index in [1.54, 1.807) is 48.8 Å². The predicted octanol–water partition coefficient (Wildman–Crippen LogP) is 3.18. The SMILES string of the molecule is COCCN1C(=O)C(=O)C(=C(O)c2ccc(OCC(C)C)cc2)C1c1cccnc1. The van der Waals surface area contributed by atoms with Crippen LogP contribution < -0.4 is 4.74 Å². The Morgan fingerprint density at radius 1 is 1.20 bits per heavy atom. The summed E-state index contributed by atoms with van der Waals surface area (Å²) in [6.07, 6.45) is 3.20. The normalized spacial score (nSPS) is 18.3. The van der Waals surface area contributed by atoms with Gasteiger partial charge in [-0.25, -0.2) is 0 Å². The number of aliphatic hydroxyl groups excluding tert-OH is 1. The number of rotatable bonds is 8. The molecule has 30 heavy (non-hydrogen) atoms. The average molecular weight is 410 g/mol. The molecule has 0 aliphatic carbocycles. The summed E-state index contributed by atoms with van der Waals surface area (Å²) in [4.78, 5) is 31.0. The zero-order valence-electron chi connectivity index (χ0n) is 17.4. The minimum Gasteiger partial charge on any atom is -0.507 e. The number of Topliss-reactive ketones (excluding diaryl/α,β-unsaturated/α-hetero) is 1. The van der Waals surface area contributed by atoms with Crippen LogP contribution in [0.4, 0.5) is 0 Å². The molecule has 7 heteroatoms. The molecule has 1 aromatic heterocycles. The Bertz CT molecular complexity index is 922. The van der Waals surface area contributed by atoms with Crippen LogP contribution in [0.2, 0.25) is 0 Å². The third kappa shape index (κ3) is 4.52. The van der Waals surface area contributed by atoms with Crippen LogP contribution in [-0.4, -0.2) is 53.5 Å². The van der Waals surface area contributed by atoms with Crippen LogP contribution in [0.25, 0.3) is 5.76 Å². The second-order valence-electron chi connectivity index (χ2n) is 7.50. The number of nitrogens with zero attached hydrogens (tertiary/aromatic N) is 2. The number of aliphatic hydroxyl groups is 1. The first kappa shape index (κ1) is 21.5. The highest BCUT2D eigenvalue weighted by molar-refractivity contribution is 6.46. The zero-order chi connectivity index (χ0) is 21.7. The third-order valence-electron chi connectivity index (χ3n) is 4.79. The lowest BCUT2D eigenvalue weighted by Crippen LogP contribution is -2.32. The highest BCUT2D eigenvalue weighted by Gasteiger charge is 2.45. The number of likely N-dealkylation sites (tertiary alicyclic amines) is 1. The maximum Gasteiger partial charge on any atom is 0.295 e. The van der Waals surface area contributed by atoms with Gasteiger partial charge < -0.3 is 19.5 Å². The third-order valence-corrected chi connectivity index (χ3v) is 4.79. The maximum absolute atomic E-state index is 12.8. The number of methoxy groups -OCH3 is 1. The fourth-order valence-electron chi connectivity index (χ4n) is 3.31. The van der Waals surface area contributed by atoms with Crippen LogP contribution >= 0.6 is 0 Å². The Morgan fingerprint density at radius 3 is 2.53 bits per heavy atom. The standard InChI is InChI=1S/C23H26N2O5/c1-15(2)14-30-18-8-6-16(7-9-18)21(26)19-20(17-5-4-10-24-13-17)25(11-12-29-3)23(28)22(19)27/h4-10,13,15,20,26H,11-12,14H2,1-3H3. The molecule has 1 fully saturated rings. The van der Waals surface area contributed by atoms with E-state index in [1.807, 2.05) is 0 Å². The van der Waals surface area contributed by atoms with Gasteiger partial charge in [0.1, 0.15) is 11.5 Å². The molecule has 0 radical (unpaired) electrons. The number of carbonyl (C=O) groups is 2. The summed E-state index contributed by atoms with van der Waals surface area (Å²) < 4.78 is 10.8. The number of benzene rings is 1. The van der Waals surface area contributed by atoms with Gasteiger partial charge in [0, 0.05) is 31.6 Å². The van der Waals surface area contributed by atoms with Crippen LogP contribution in [0, 0.1) is 5.92 Å². The van der Waals surface area contributed by atoms with Crippen molar-refractivity contribution in [3.05, 3.63) is 65.5 Å². The number of pyridine rings is 1. The number of hydrogen-bond donors (Lipinski definition) is 1. The molecule has 1 amide bonds. The van der Waals surface area contributed by atoms with E-state index in [4.69, 9.17) is 9.47 Å². The number of aromatic nitrogens is 1. The quantitative estimate of drug-likeness (QED) is 0.408. The molecule has 1 aromatic carbocycles. The molecule has 1 atom stereocenters. The molecule has 0 saturated carbocycles. The van der Waals surface area contributed by atoms with Gasteiger partial charge >= 0.3 is 0 Å². The van der Waals surface area contributed by atoms with Gasteiger partial charge in [-0.05, 0) is 41.8 Å². The summed E-state index contributed by atoms with van der Waals surface area (Å²) in [5.41, 5.74) is 1.12. The van der Waals surface area contributed by atoms with Crippen molar-refractivity contribution >= 4 is 17.4 Å². The van der Waals surface area contributed by atoms with Gasteiger partial charge in [-0.15, -0.1) is 0 Å². The van der Waals surface area contributed by atoms with Crippen molar-refractivity contribution in [3.8, 4) is 5.75 Å². The summed E-state index contributed by atoms with van der Waals surface area (Å²) in [6, 6.07) is 9.59. The van der Waals surface area contributed by atoms with E-state index in [9.17, 15) is 14.7 Å². The molecular formula is C23H26N2O5. The molecule has 2 heterocycles. The second kappa shape index (κ2) is 9.54. The van der Waals surface area contributed by atoms with E-state index in [2.05, 4.69) is 18.8 Å². The number of ketones is 1. The molecule has 0 bridgehead atoms. The molecule has 1 aliphatic rings. The van der Waals surface area contributed by atoms with Crippen molar-refractivity contribution in [2.45, 2.75) is 19.9 Å². The van der Waals surface area contributed by atoms with Gasteiger partial charge in [0.25, 0.3) is 11.7 Å². The zero-order valence-corrected chi connectivity index (χ0v) is 17.4. The molecule has 1 aliphatic heterocycles. The molecule has 0 spiro atoms. The van der Waals surface area contributed by atoms with Gasteiger partial charge in [-0.3, -0.25) is 14.6 Å². The lowest BCUT2D eigenvalue weighted by Gasteiger charge is -2.24. The summed E-state index contributed by atoms with van der Waals surface area (Å²) in [7, 11) is 1.53. The Balaban J connectivity index is 2.00. The summed E-state index contributed by atoms with van der Waals surface area (Å²) >= 11 is 0. The van der Waals surface area contributed by atoms with E-state index in [0.29, 0.717) is 29.4 Å². The van der Waals surface area contributed by atoms with Gasteiger partial charge in [0.05, 0.1) is 24.8 Å². The fraction of sp³-hybridized carbons (Fsp3) is 0.348. The lowest BCUT2D eigenvalue weighted by atomic mass is 9.96. The second-order valence-corrected chi connectivity index (χ2v) is 7.50. The van der Waals surface area contributed by atoms with Crippen LogP contribution in [0.3, 0.4) is 0 Å². The van der Waals surface area contributed by atoms with E-state index in [1.165, 1.54) is 12.0 Å². The molecule has 1 N–H and O–H groups in total. The molecule has 158 valence electrons. The van der Waals surface area contributed by atoms with E-state index >= 15 is 0 Å². The van der Waals surface area contributed by atoms with E-state index < -0.39 is 17.7 Å². The molecule has 2 aromatic rings. The average Bonchev–Trinajstić information content (AvgIpc) is 3.01.